The van der Waals surface area contributed by atoms with Crippen molar-refractivity contribution in [1.82, 2.24) is 15.0 Å². The zero-order valence-corrected chi connectivity index (χ0v) is 20.8. The van der Waals surface area contributed by atoms with Crippen molar-refractivity contribution in [2.75, 3.05) is 0 Å². The summed E-state index contributed by atoms with van der Waals surface area (Å²) >= 11 is 0. The van der Waals surface area contributed by atoms with Crippen molar-refractivity contribution in [3.8, 4) is 17.1 Å². The first-order valence-corrected chi connectivity index (χ1v) is 12.1. The van der Waals surface area contributed by atoms with Crippen LogP contribution in [0.2, 0.25) is 0 Å². The van der Waals surface area contributed by atoms with E-state index in [1.807, 2.05) is 50.2 Å². The van der Waals surface area contributed by atoms with E-state index in [9.17, 15) is 14.4 Å². The Balaban J connectivity index is 1.47. The summed E-state index contributed by atoms with van der Waals surface area (Å²) in [6, 6.07) is 24.8. The third-order valence-corrected chi connectivity index (χ3v) is 5.78. The van der Waals surface area contributed by atoms with E-state index >= 15 is 0 Å². The van der Waals surface area contributed by atoms with Crippen LogP contribution in [0.25, 0.3) is 11.4 Å². The number of ether oxygens (including phenoxy) is 1. The van der Waals surface area contributed by atoms with Gasteiger partial charge in [-0.2, -0.15) is 0 Å². The highest BCUT2D eigenvalue weighted by Gasteiger charge is 2.25. The van der Waals surface area contributed by atoms with Gasteiger partial charge in [0.2, 0.25) is 0 Å². The first-order valence-electron chi connectivity index (χ1n) is 12.1. The molecule has 0 unspecified atom stereocenters. The maximum atomic E-state index is 13.3. The summed E-state index contributed by atoms with van der Waals surface area (Å²) < 4.78 is 11.9. The monoisotopic (exact) mass is 499 g/mol. The van der Waals surface area contributed by atoms with Gasteiger partial charge in [-0.25, -0.2) is 9.36 Å². The molecule has 4 rings (SSSR count). The molecule has 0 bridgehead atoms. The highest BCUT2D eigenvalue weighted by atomic mass is 16.5. The fourth-order valence-corrected chi connectivity index (χ4v) is 3.92. The average molecular weight is 500 g/mol. The molecule has 1 atom stereocenters. The number of hydrogen-bond donors (Lipinski definition) is 1. The molecule has 37 heavy (non-hydrogen) atoms. The number of nitrogens with one attached hydrogen (secondary N) is 1. The second kappa shape index (κ2) is 12.0. The smallest absolute Gasteiger partial charge is 0.442 e. The summed E-state index contributed by atoms with van der Waals surface area (Å²) in [5.74, 6) is -0.512. The van der Waals surface area contributed by atoms with Crippen molar-refractivity contribution in [2.45, 2.75) is 39.5 Å². The number of carbonyl (C=O) groups is 2. The van der Waals surface area contributed by atoms with E-state index in [0.29, 0.717) is 29.9 Å². The van der Waals surface area contributed by atoms with Crippen LogP contribution in [0.1, 0.15) is 36.2 Å². The van der Waals surface area contributed by atoms with Crippen LogP contribution in [0, 0.1) is 5.92 Å². The molecule has 0 radical (unpaired) electrons. The van der Waals surface area contributed by atoms with Gasteiger partial charge in [-0.3, -0.25) is 14.1 Å². The number of nitrogens with zero attached hydrogens (tertiary/aromatic N) is 2. The van der Waals surface area contributed by atoms with Crippen LogP contribution in [-0.2, 0) is 17.9 Å². The van der Waals surface area contributed by atoms with E-state index in [4.69, 9.17) is 9.26 Å². The normalized spacial score (nSPS) is 11.8. The van der Waals surface area contributed by atoms with Crippen molar-refractivity contribution < 1.29 is 18.8 Å². The highest BCUT2D eigenvalue weighted by Crippen LogP contribution is 2.18. The molecule has 1 amide bonds. The molecule has 1 heterocycles. The second-order valence-electron chi connectivity index (χ2n) is 9.15. The van der Waals surface area contributed by atoms with E-state index in [1.54, 1.807) is 48.5 Å². The SMILES string of the molecule is CC(C)C[C@H](NC(=O)c1cccc(OCc2ccccc2)c1)C(=O)Cn1c(-c2ccccc2)noc1=O. The summed E-state index contributed by atoms with van der Waals surface area (Å²) in [5.41, 5.74) is 2.04. The first kappa shape index (κ1) is 25.6. The van der Waals surface area contributed by atoms with Crippen LogP contribution in [0.3, 0.4) is 0 Å². The summed E-state index contributed by atoms with van der Waals surface area (Å²) in [5, 5.41) is 6.68. The zero-order chi connectivity index (χ0) is 26.2. The molecule has 8 heteroatoms. The fourth-order valence-electron chi connectivity index (χ4n) is 3.92. The molecule has 0 aliphatic rings. The van der Waals surface area contributed by atoms with Crippen LogP contribution >= 0.6 is 0 Å². The number of hydrogen-bond acceptors (Lipinski definition) is 6. The molecule has 3 aromatic carbocycles. The summed E-state index contributed by atoms with van der Waals surface area (Å²) in [4.78, 5) is 38.7. The lowest BCUT2D eigenvalue weighted by Crippen LogP contribution is -2.44. The average Bonchev–Trinajstić information content (AvgIpc) is 3.27. The van der Waals surface area contributed by atoms with Gasteiger partial charge in [-0.15, -0.1) is 0 Å². The number of Topliss-reactive ketones (excluding diaryl/α,β-unsaturated/α-hetero) is 1. The molecule has 0 spiro atoms. The van der Waals surface area contributed by atoms with Gasteiger partial charge in [-0.05, 0) is 36.1 Å². The Hall–Kier alpha value is -4.46. The van der Waals surface area contributed by atoms with E-state index < -0.39 is 17.7 Å². The summed E-state index contributed by atoms with van der Waals surface area (Å²) in [6.45, 7) is 4.03. The minimum absolute atomic E-state index is 0.127. The number of aromatic nitrogens is 2. The Morgan fingerprint density at radius 2 is 1.68 bits per heavy atom. The van der Waals surface area contributed by atoms with Gasteiger partial charge >= 0.3 is 5.76 Å². The van der Waals surface area contributed by atoms with Crippen molar-refractivity contribution in [3.05, 3.63) is 107 Å². The van der Waals surface area contributed by atoms with E-state index in [-0.39, 0.29) is 24.1 Å². The van der Waals surface area contributed by atoms with Crippen molar-refractivity contribution in [1.29, 1.82) is 0 Å². The minimum atomic E-state index is -0.799. The van der Waals surface area contributed by atoms with Crippen molar-refractivity contribution in [3.63, 3.8) is 0 Å². The van der Waals surface area contributed by atoms with Crippen molar-refractivity contribution in [2.24, 2.45) is 5.92 Å². The molecular weight excluding hydrogens is 470 g/mol. The Morgan fingerprint density at radius 3 is 2.38 bits per heavy atom. The number of carbonyl (C=O) groups excluding carboxylic acids is 2. The summed E-state index contributed by atoms with van der Waals surface area (Å²) in [7, 11) is 0. The molecule has 0 saturated heterocycles. The maximum Gasteiger partial charge on any atom is 0.442 e. The topological polar surface area (TPSA) is 103 Å². The zero-order valence-electron chi connectivity index (χ0n) is 20.8. The first-order chi connectivity index (χ1) is 17.9. The van der Waals surface area contributed by atoms with E-state index in [1.165, 1.54) is 4.57 Å². The highest BCUT2D eigenvalue weighted by molar-refractivity contribution is 5.98. The van der Waals surface area contributed by atoms with Crippen LogP contribution in [0.4, 0.5) is 0 Å². The standard InChI is InChI=1S/C29H29N3O5/c1-20(2)16-25(26(33)18-32-27(31-37-29(32)35)22-12-7-4-8-13-22)30-28(34)23-14-9-15-24(17-23)36-19-21-10-5-3-6-11-21/h3-15,17,20,25H,16,18-19H2,1-2H3,(H,30,34)/t25-/m0/s1. The quantitative estimate of drug-likeness (QED) is 0.326. The van der Waals surface area contributed by atoms with Gasteiger partial charge < -0.3 is 10.1 Å². The third-order valence-electron chi connectivity index (χ3n) is 5.78. The lowest BCUT2D eigenvalue weighted by atomic mass is 9.99. The molecule has 1 N–H and O–H groups in total. The predicted octanol–water partition coefficient (Wildman–Crippen LogP) is 4.50. The summed E-state index contributed by atoms with van der Waals surface area (Å²) in [6.07, 6.45) is 0.412. The van der Waals surface area contributed by atoms with Crippen LogP contribution < -0.4 is 15.8 Å². The van der Waals surface area contributed by atoms with Crippen LogP contribution in [-0.4, -0.2) is 27.5 Å². The molecule has 0 aliphatic carbocycles. The molecule has 4 aromatic rings. The third kappa shape index (κ3) is 6.82. The van der Waals surface area contributed by atoms with Gasteiger partial charge in [0.05, 0.1) is 12.6 Å². The van der Waals surface area contributed by atoms with Gasteiger partial charge in [0.25, 0.3) is 5.91 Å². The number of rotatable bonds is 11. The Bertz CT molecular complexity index is 1390. The largest absolute Gasteiger partial charge is 0.489 e. The van der Waals surface area contributed by atoms with Crippen LogP contribution in [0.15, 0.2) is 94.2 Å². The Morgan fingerprint density at radius 1 is 0.973 bits per heavy atom. The molecular formula is C29H29N3O5. The lowest BCUT2D eigenvalue weighted by Gasteiger charge is -2.20. The Kier molecular flexibility index (Phi) is 8.30. The molecule has 8 nitrogen and oxygen atoms in total. The molecule has 0 aliphatic heterocycles. The minimum Gasteiger partial charge on any atom is -0.489 e. The molecule has 190 valence electrons. The Labute approximate surface area is 214 Å². The predicted molar refractivity (Wildman–Crippen MR) is 139 cm³/mol. The molecule has 0 saturated carbocycles. The number of ketones is 1. The van der Waals surface area contributed by atoms with Gasteiger partial charge in [-0.1, -0.05) is 85.7 Å². The van der Waals surface area contributed by atoms with Crippen molar-refractivity contribution >= 4 is 11.7 Å². The fraction of sp³-hybridized carbons (Fsp3) is 0.241. The number of benzene rings is 3. The van der Waals surface area contributed by atoms with Gasteiger partial charge in [0.1, 0.15) is 12.4 Å². The second-order valence-corrected chi connectivity index (χ2v) is 9.15. The molecule has 0 fully saturated rings. The van der Waals surface area contributed by atoms with Crippen LogP contribution in [0.5, 0.6) is 5.75 Å². The lowest BCUT2D eigenvalue weighted by molar-refractivity contribution is -0.121. The molecule has 1 aromatic heterocycles. The number of amides is 1. The maximum absolute atomic E-state index is 13.3. The van der Waals surface area contributed by atoms with E-state index in [0.717, 1.165) is 5.56 Å². The van der Waals surface area contributed by atoms with E-state index in [2.05, 4.69) is 10.5 Å². The van der Waals surface area contributed by atoms with Gasteiger partial charge in [0.15, 0.2) is 11.6 Å². The van der Waals surface area contributed by atoms with Gasteiger partial charge in [0, 0.05) is 11.1 Å².